The Morgan fingerprint density at radius 3 is 2.46 bits per heavy atom. The van der Waals surface area contributed by atoms with Crippen LogP contribution in [0.3, 0.4) is 0 Å². The Kier molecular flexibility index (Phi) is 1.37. The molecule has 0 N–H and O–H groups in total. The van der Waals surface area contributed by atoms with E-state index >= 15 is 0 Å². The fraction of sp³-hybridized carbons (Fsp3) is 0.417. The Morgan fingerprint density at radius 1 is 1.08 bits per heavy atom. The van der Waals surface area contributed by atoms with E-state index in [1.807, 2.05) is 18.2 Å². The molecule has 3 unspecified atom stereocenters. The molecular weight excluding hydrogens is 160 g/mol. The predicted octanol–water partition coefficient (Wildman–Crippen LogP) is 2.38. The van der Waals surface area contributed by atoms with Crippen LogP contribution in [0.5, 0.6) is 0 Å². The van der Waals surface area contributed by atoms with Crippen molar-refractivity contribution in [2.24, 2.45) is 11.8 Å². The molecular formula is C12H12O. The summed E-state index contributed by atoms with van der Waals surface area (Å²) in [6.45, 7) is 0. The number of fused-ring (bicyclic) bond motifs is 1. The van der Waals surface area contributed by atoms with Gasteiger partial charge in [0.25, 0.3) is 0 Å². The molecule has 0 heterocycles. The zero-order chi connectivity index (χ0) is 8.84. The van der Waals surface area contributed by atoms with Crippen molar-refractivity contribution in [3.05, 3.63) is 35.9 Å². The maximum Gasteiger partial charge on any atom is 0.143 e. The first-order valence-electron chi connectivity index (χ1n) is 4.95. The van der Waals surface area contributed by atoms with Crippen LogP contribution in [-0.4, -0.2) is 5.78 Å². The molecule has 0 radical (unpaired) electrons. The lowest BCUT2D eigenvalue weighted by atomic mass is 9.93. The summed E-state index contributed by atoms with van der Waals surface area (Å²) in [6.07, 6.45) is 2.27. The van der Waals surface area contributed by atoms with E-state index in [9.17, 15) is 4.79 Å². The zero-order valence-corrected chi connectivity index (χ0v) is 7.44. The number of benzene rings is 1. The first kappa shape index (κ1) is 7.31. The minimum Gasteiger partial charge on any atom is -0.299 e. The third-order valence-corrected chi connectivity index (χ3v) is 3.37. The minimum absolute atomic E-state index is 0.227. The second-order valence-electron chi connectivity index (χ2n) is 4.20. The van der Waals surface area contributed by atoms with Crippen molar-refractivity contribution in [2.45, 2.75) is 18.8 Å². The molecule has 1 aromatic rings. The van der Waals surface area contributed by atoms with E-state index in [-0.39, 0.29) is 5.92 Å². The third kappa shape index (κ3) is 1.03. The highest BCUT2D eigenvalue weighted by molar-refractivity contribution is 5.92. The van der Waals surface area contributed by atoms with Gasteiger partial charge in [0.15, 0.2) is 0 Å². The van der Waals surface area contributed by atoms with E-state index in [0.717, 1.165) is 12.3 Å². The van der Waals surface area contributed by atoms with Gasteiger partial charge in [-0.25, -0.2) is 0 Å². The van der Waals surface area contributed by atoms with Gasteiger partial charge in [0.2, 0.25) is 0 Å². The molecule has 66 valence electrons. The van der Waals surface area contributed by atoms with E-state index in [1.165, 1.54) is 12.0 Å². The van der Waals surface area contributed by atoms with E-state index < -0.39 is 0 Å². The number of Topliss-reactive ketones (excluding diaryl/α,β-unsaturated/α-hetero) is 1. The van der Waals surface area contributed by atoms with Crippen LogP contribution in [0.1, 0.15) is 24.3 Å². The summed E-state index contributed by atoms with van der Waals surface area (Å²) < 4.78 is 0. The first-order valence-corrected chi connectivity index (χ1v) is 4.95. The molecule has 0 aliphatic heterocycles. The van der Waals surface area contributed by atoms with Crippen molar-refractivity contribution in [3.8, 4) is 0 Å². The zero-order valence-electron chi connectivity index (χ0n) is 7.44. The molecule has 2 fully saturated rings. The van der Waals surface area contributed by atoms with Crippen molar-refractivity contribution < 1.29 is 4.79 Å². The molecule has 0 aromatic heterocycles. The van der Waals surface area contributed by atoms with Gasteiger partial charge in [-0.15, -0.1) is 0 Å². The van der Waals surface area contributed by atoms with Gasteiger partial charge < -0.3 is 0 Å². The minimum atomic E-state index is 0.227. The lowest BCUT2D eigenvalue weighted by Crippen LogP contribution is -2.08. The van der Waals surface area contributed by atoms with Gasteiger partial charge >= 0.3 is 0 Å². The standard InChI is InChI=1S/C12H12O/c13-12-10(6-9-7-11(9)12)8-4-2-1-3-5-8/h1-5,9-11H,6-7H2. The van der Waals surface area contributed by atoms with Crippen molar-refractivity contribution >= 4 is 5.78 Å². The van der Waals surface area contributed by atoms with Gasteiger partial charge in [-0.2, -0.15) is 0 Å². The van der Waals surface area contributed by atoms with Crippen LogP contribution in [0, 0.1) is 11.8 Å². The third-order valence-electron chi connectivity index (χ3n) is 3.37. The Morgan fingerprint density at radius 2 is 1.85 bits per heavy atom. The Bertz CT molecular complexity index is 341. The molecule has 0 saturated heterocycles. The predicted molar refractivity (Wildman–Crippen MR) is 50.4 cm³/mol. The summed E-state index contributed by atoms with van der Waals surface area (Å²) in [5, 5.41) is 0. The molecule has 2 aliphatic rings. The van der Waals surface area contributed by atoms with E-state index in [2.05, 4.69) is 12.1 Å². The van der Waals surface area contributed by atoms with Crippen LogP contribution in [0.15, 0.2) is 30.3 Å². The number of carbonyl (C=O) groups is 1. The van der Waals surface area contributed by atoms with Gasteiger partial charge in [0, 0.05) is 11.8 Å². The molecule has 2 saturated carbocycles. The van der Waals surface area contributed by atoms with Crippen molar-refractivity contribution in [1.82, 2.24) is 0 Å². The molecule has 3 rings (SSSR count). The SMILES string of the molecule is O=C1C(c2ccccc2)CC2CC12. The average molecular weight is 172 g/mol. The van der Waals surface area contributed by atoms with E-state index in [0.29, 0.717) is 11.7 Å². The summed E-state index contributed by atoms with van der Waals surface area (Å²) in [6, 6.07) is 10.2. The van der Waals surface area contributed by atoms with Crippen molar-refractivity contribution in [3.63, 3.8) is 0 Å². The Labute approximate surface area is 77.8 Å². The normalized spacial score (nSPS) is 36.0. The first-order chi connectivity index (χ1) is 6.36. The highest BCUT2D eigenvalue weighted by Crippen LogP contribution is 2.54. The van der Waals surface area contributed by atoms with Crippen LogP contribution in [-0.2, 0) is 4.79 Å². The number of ketones is 1. The second kappa shape index (κ2) is 2.44. The number of hydrogen-bond acceptors (Lipinski definition) is 1. The largest absolute Gasteiger partial charge is 0.299 e. The van der Waals surface area contributed by atoms with Gasteiger partial charge in [0.05, 0.1) is 0 Å². The van der Waals surface area contributed by atoms with Crippen LogP contribution >= 0.6 is 0 Å². The number of hydrogen-bond donors (Lipinski definition) is 0. The van der Waals surface area contributed by atoms with E-state index in [4.69, 9.17) is 0 Å². The number of rotatable bonds is 1. The smallest absolute Gasteiger partial charge is 0.143 e. The van der Waals surface area contributed by atoms with Gasteiger partial charge in [-0.3, -0.25) is 4.79 Å². The Balaban J connectivity index is 1.91. The highest BCUT2D eigenvalue weighted by atomic mass is 16.1. The summed E-state index contributed by atoms with van der Waals surface area (Å²) in [5.41, 5.74) is 1.22. The summed E-state index contributed by atoms with van der Waals surface area (Å²) in [7, 11) is 0. The summed E-state index contributed by atoms with van der Waals surface area (Å²) in [5.74, 6) is 1.89. The average Bonchev–Trinajstić information content (AvgIpc) is 2.88. The van der Waals surface area contributed by atoms with Gasteiger partial charge in [-0.1, -0.05) is 30.3 Å². The van der Waals surface area contributed by atoms with Crippen LogP contribution in [0.2, 0.25) is 0 Å². The fourth-order valence-electron chi connectivity index (χ4n) is 2.52. The monoisotopic (exact) mass is 172 g/mol. The van der Waals surface area contributed by atoms with Crippen LogP contribution in [0.25, 0.3) is 0 Å². The summed E-state index contributed by atoms with van der Waals surface area (Å²) in [4.78, 5) is 11.7. The van der Waals surface area contributed by atoms with Gasteiger partial charge in [-0.05, 0) is 24.3 Å². The molecule has 1 nitrogen and oxygen atoms in total. The molecule has 0 amide bonds. The van der Waals surface area contributed by atoms with E-state index in [1.54, 1.807) is 0 Å². The molecule has 13 heavy (non-hydrogen) atoms. The highest BCUT2D eigenvalue weighted by Gasteiger charge is 2.52. The second-order valence-corrected chi connectivity index (χ2v) is 4.20. The number of carbonyl (C=O) groups excluding carboxylic acids is 1. The molecule has 1 heteroatoms. The quantitative estimate of drug-likeness (QED) is 0.635. The van der Waals surface area contributed by atoms with Crippen LogP contribution in [0.4, 0.5) is 0 Å². The molecule has 0 bridgehead atoms. The topological polar surface area (TPSA) is 17.1 Å². The van der Waals surface area contributed by atoms with Crippen molar-refractivity contribution in [2.75, 3.05) is 0 Å². The molecule has 2 aliphatic carbocycles. The maximum absolute atomic E-state index is 11.7. The van der Waals surface area contributed by atoms with Crippen LogP contribution < -0.4 is 0 Å². The molecule has 0 spiro atoms. The van der Waals surface area contributed by atoms with Crippen molar-refractivity contribution in [1.29, 1.82) is 0 Å². The fourth-order valence-corrected chi connectivity index (χ4v) is 2.52. The lowest BCUT2D eigenvalue weighted by molar-refractivity contribution is -0.120. The molecule has 1 aromatic carbocycles. The maximum atomic E-state index is 11.7. The summed E-state index contributed by atoms with van der Waals surface area (Å²) >= 11 is 0. The molecule has 3 atom stereocenters. The lowest BCUT2D eigenvalue weighted by Gasteiger charge is -2.09. The Hall–Kier alpha value is -1.11. The van der Waals surface area contributed by atoms with Gasteiger partial charge in [0.1, 0.15) is 5.78 Å².